The Kier molecular flexibility index (Phi) is 4.18. The maximum absolute atomic E-state index is 11.9. The lowest BCUT2D eigenvalue weighted by molar-refractivity contribution is -0.384. The first-order chi connectivity index (χ1) is 10.9. The van der Waals surface area contributed by atoms with Gasteiger partial charge in [-0.1, -0.05) is 11.6 Å². The van der Waals surface area contributed by atoms with Crippen LogP contribution in [0, 0.1) is 13.9 Å². The molecule has 0 aliphatic carbocycles. The molecule has 0 spiro atoms. The van der Waals surface area contributed by atoms with Crippen LogP contribution in [0.5, 0.6) is 0 Å². The van der Waals surface area contributed by atoms with Gasteiger partial charge in [0.15, 0.2) is 9.46 Å². The van der Waals surface area contributed by atoms with Crippen molar-refractivity contribution >= 4 is 57.8 Å². The van der Waals surface area contributed by atoms with Gasteiger partial charge in [0.25, 0.3) is 5.69 Å². The van der Waals surface area contributed by atoms with Gasteiger partial charge in [0.1, 0.15) is 5.76 Å². The molecule has 1 aromatic carbocycles. The largest absolute Gasteiger partial charge is 0.451 e. The normalized spacial score (nSPS) is 15.7. The summed E-state index contributed by atoms with van der Waals surface area (Å²) in [5.74, 6) is -0.332. The molecule has 0 radical (unpaired) electrons. The molecule has 0 amide bonds. The molecule has 1 aliphatic rings. The van der Waals surface area contributed by atoms with E-state index in [0.29, 0.717) is 9.53 Å². The number of nitro benzene ring substituents is 1. The predicted molar refractivity (Wildman–Crippen MR) is 90.1 cm³/mol. The first-order valence-electron chi connectivity index (χ1n) is 6.16. The molecule has 1 aromatic heterocycles. The average molecular weight is 445 g/mol. The van der Waals surface area contributed by atoms with Crippen LogP contribution in [0.2, 0.25) is 5.02 Å². The van der Waals surface area contributed by atoms with Crippen molar-refractivity contribution in [3.8, 4) is 0 Å². The number of hydrogen-bond donors (Lipinski definition) is 0. The summed E-state index contributed by atoms with van der Waals surface area (Å²) < 4.78 is 11.0. The lowest BCUT2D eigenvalue weighted by atomic mass is 10.2. The molecule has 0 saturated carbocycles. The number of benzene rings is 1. The molecule has 0 unspecified atom stereocenters. The van der Waals surface area contributed by atoms with Crippen LogP contribution < -0.4 is 0 Å². The summed E-state index contributed by atoms with van der Waals surface area (Å²) in [6.45, 7) is 0. The van der Waals surface area contributed by atoms with Gasteiger partial charge in [0, 0.05) is 18.2 Å². The zero-order valence-electron chi connectivity index (χ0n) is 11.2. The molecule has 1 aliphatic heterocycles. The number of halogens is 2. The third-order valence-corrected chi connectivity index (χ3v) is 3.79. The van der Waals surface area contributed by atoms with E-state index < -0.39 is 10.9 Å². The smallest absolute Gasteiger partial charge is 0.363 e. The highest BCUT2D eigenvalue weighted by Crippen LogP contribution is 2.27. The zero-order chi connectivity index (χ0) is 16.6. The lowest BCUT2D eigenvalue weighted by Crippen LogP contribution is -2.06. The maximum atomic E-state index is 11.9. The van der Waals surface area contributed by atoms with E-state index in [0.717, 1.165) is 0 Å². The number of carbonyl (C=O) groups is 1. The van der Waals surface area contributed by atoms with Gasteiger partial charge in [-0.25, -0.2) is 9.79 Å². The van der Waals surface area contributed by atoms with Gasteiger partial charge in [0.2, 0.25) is 5.90 Å². The van der Waals surface area contributed by atoms with Crippen molar-refractivity contribution in [3.63, 3.8) is 0 Å². The summed E-state index contributed by atoms with van der Waals surface area (Å²) >= 11 is 8.00. The number of cyclic esters (lactones) is 1. The number of esters is 1. The summed E-state index contributed by atoms with van der Waals surface area (Å²) in [4.78, 5) is 26.2. The van der Waals surface area contributed by atoms with Gasteiger partial charge in [0.05, 0.1) is 15.5 Å². The first kappa shape index (κ1) is 15.7. The number of nitrogens with zero attached hydrogens (tertiary/aromatic N) is 2. The molecule has 3 rings (SSSR count). The molecular formula is C14H6ClIN2O5. The van der Waals surface area contributed by atoms with Crippen LogP contribution >= 0.6 is 34.2 Å². The number of non-ortho nitro benzene ring substituents is 1. The summed E-state index contributed by atoms with van der Waals surface area (Å²) in [6, 6.07) is 7.21. The number of hydrogen-bond acceptors (Lipinski definition) is 6. The molecule has 0 fully saturated rings. The average Bonchev–Trinajstić information content (AvgIpc) is 3.06. The van der Waals surface area contributed by atoms with Gasteiger partial charge in [-0.15, -0.1) is 0 Å². The van der Waals surface area contributed by atoms with E-state index in [1.54, 1.807) is 12.1 Å². The van der Waals surface area contributed by atoms with Crippen LogP contribution in [-0.4, -0.2) is 16.8 Å². The van der Waals surface area contributed by atoms with Crippen molar-refractivity contribution < 1.29 is 18.9 Å². The van der Waals surface area contributed by atoms with Gasteiger partial charge in [-0.2, -0.15) is 0 Å². The van der Waals surface area contributed by atoms with Crippen LogP contribution in [0.3, 0.4) is 0 Å². The fourth-order valence-electron chi connectivity index (χ4n) is 1.86. The number of ether oxygens (including phenoxy) is 1. The fourth-order valence-corrected chi connectivity index (χ4v) is 2.49. The Morgan fingerprint density at radius 3 is 2.74 bits per heavy atom. The van der Waals surface area contributed by atoms with Crippen molar-refractivity contribution in [2.75, 3.05) is 0 Å². The summed E-state index contributed by atoms with van der Waals surface area (Å²) in [6.07, 6.45) is 1.42. The molecule has 2 heterocycles. The van der Waals surface area contributed by atoms with Gasteiger partial charge in [-0.05, 0) is 40.8 Å². The highest BCUT2D eigenvalue weighted by atomic mass is 127. The van der Waals surface area contributed by atoms with Crippen LogP contribution in [-0.2, 0) is 9.53 Å². The number of furan rings is 1. The monoisotopic (exact) mass is 444 g/mol. The molecule has 0 saturated heterocycles. The number of aliphatic imine (C=N–C) groups is 1. The minimum atomic E-state index is -0.686. The quantitative estimate of drug-likeness (QED) is 0.236. The molecule has 23 heavy (non-hydrogen) atoms. The number of nitro groups is 1. The molecule has 116 valence electrons. The molecular weight excluding hydrogens is 439 g/mol. The minimum absolute atomic E-state index is 0.0216. The van der Waals surface area contributed by atoms with Crippen LogP contribution in [0.15, 0.2) is 45.4 Å². The lowest BCUT2D eigenvalue weighted by Gasteiger charge is -2.02. The Morgan fingerprint density at radius 2 is 2.09 bits per heavy atom. The molecule has 9 heteroatoms. The Morgan fingerprint density at radius 1 is 1.30 bits per heavy atom. The second-order valence-electron chi connectivity index (χ2n) is 4.40. The summed E-state index contributed by atoms with van der Waals surface area (Å²) in [5.41, 5.74) is 0.0149. The van der Waals surface area contributed by atoms with Crippen LogP contribution in [0.4, 0.5) is 5.69 Å². The molecule has 2 aromatic rings. The van der Waals surface area contributed by atoms with Gasteiger partial charge in [-0.3, -0.25) is 10.1 Å². The highest BCUT2D eigenvalue weighted by molar-refractivity contribution is 14.1. The standard InChI is InChI=1S/C14H6ClIN2O5/c15-10-3-1-7(18(20)21)5-9(10)13-17-11(14(19)23-13)6-8-2-4-12(16)22-8/h1-6H. The number of carbonyl (C=O) groups excluding carboxylic acids is 1. The highest BCUT2D eigenvalue weighted by Gasteiger charge is 2.27. The van der Waals surface area contributed by atoms with E-state index in [1.165, 1.54) is 24.3 Å². The summed E-state index contributed by atoms with van der Waals surface area (Å²) in [5, 5.41) is 11.0. The molecule has 0 atom stereocenters. The van der Waals surface area contributed by atoms with E-state index in [4.69, 9.17) is 20.8 Å². The van der Waals surface area contributed by atoms with E-state index in [1.807, 2.05) is 22.6 Å². The van der Waals surface area contributed by atoms with Crippen molar-refractivity contribution in [1.82, 2.24) is 0 Å². The Bertz CT molecular complexity index is 887. The second-order valence-corrected chi connectivity index (χ2v) is 5.87. The van der Waals surface area contributed by atoms with Gasteiger partial charge >= 0.3 is 5.97 Å². The Hall–Kier alpha value is -2.20. The Labute approximate surface area is 147 Å². The van der Waals surface area contributed by atoms with Crippen molar-refractivity contribution in [3.05, 3.63) is 66.3 Å². The van der Waals surface area contributed by atoms with Crippen molar-refractivity contribution in [1.29, 1.82) is 0 Å². The van der Waals surface area contributed by atoms with Crippen molar-refractivity contribution in [2.45, 2.75) is 0 Å². The minimum Gasteiger partial charge on any atom is -0.451 e. The fraction of sp³-hybridized carbons (Fsp3) is 0. The van der Waals surface area contributed by atoms with Gasteiger partial charge < -0.3 is 9.15 Å². The second kappa shape index (κ2) is 6.13. The first-order valence-corrected chi connectivity index (χ1v) is 7.62. The topological polar surface area (TPSA) is 94.9 Å². The van der Waals surface area contributed by atoms with E-state index in [-0.39, 0.29) is 27.9 Å². The zero-order valence-corrected chi connectivity index (χ0v) is 14.1. The van der Waals surface area contributed by atoms with E-state index in [9.17, 15) is 14.9 Å². The number of rotatable bonds is 3. The summed E-state index contributed by atoms with van der Waals surface area (Å²) in [7, 11) is 0. The van der Waals surface area contributed by atoms with E-state index in [2.05, 4.69) is 4.99 Å². The van der Waals surface area contributed by atoms with Crippen LogP contribution in [0.1, 0.15) is 11.3 Å². The van der Waals surface area contributed by atoms with E-state index >= 15 is 0 Å². The maximum Gasteiger partial charge on any atom is 0.363 e. The third-order valence-electron chi connectivity index (χ3n) is 2.88. The Balaban J connectivity index is 2.00. The molecule has 7 nitrogen and oxygen atoms in total. The predicted octanol–water partition coefficient (Wildman–Crippen LogP) is 3.79. The third kappa shape index (κ3) is 3.27. The van der Waals surface area contributed by atoms with Crippen molar-refractivity contribution in [2.24, 2.45) is 4.99 Å². The SMILES string of the molecule is O=C1OC(c2cc([N+](=O)[O-])ccc2Cl)=NC1=Cc1ccc(I)o1. The van der Waals surface area contributed by atoms with Crippen LogP contribution in [0.25, 0.3) is 6.08 Å². The molecule has 0 bridgehead atoms. The molecule has 0 N–H and O–H groups in total.